The fourth-order valence-corrected chi connectivity index (χ4v) is 11.5. The molecule has 0 aliphatic heterocycles. The Bertz CT molecular complexity index is 5630. The molecule has 0 amide bonds. The van der Waals surface area contributed by atoms with Gasteiger partial charge in [0.25, 0.3) is 0 Å². The van der Waals surface area contributed by atoms with Gasteiger partial charge in [-0.15, -0.1) is 0 Å². The van der Waals surface area contributed by atoms with Crippen molar-refractivity contribution in [2.24, 2.45) is 37.4 Å². The molecule has 0 radical (unpaired) electrons. The Morgan fingerprint density at radius 2 is 0.719 bits per heavy atom. The maximum atomic E-state index is 8.90. The third-order valence-electron chi connectivity index (χ3n) is 16.2. The zero-order valence-corrected chi connectivity index (χ0v) is 54.2. The standard InChI is InChI=1S/2C27H33N2O.C26H31N2O/c2*1-16(2)22-12-11-21-20-10-9-17(3)24(25(20)30-26(21)28-22)23-13-18(4)19(15-29(23)8)14-27(5,6)7;1-8-19-10-12-21-20-11-9-16(2)23(24(20)29-25(21)27-19)22-13-17(3)18(15-28(22)7)14-26(4,5)6/h2*9-13,15-16H,14H2,1-8H3;9-13,15H,8,14H2,1-7H3/q3*+1/i5D3,6D3,7D3,14D2;14D2;4D3,5D3,6D3,14D2. The minimum atomic E-state index is -3.70. The van der Waals surface area contributed by atoms with Crippen molar-refractivity contribution >= 4 is 66.2 Å². The molecule has 9 heteroatoms. The van der Waals surface area contributed by atoms with E-state index < -0.39 is 76.5 Å². The summed E-state index contributed by atoms with van der Waals surface area (Å²) in [5.74, 6) is 0.531. The number of nitrogens with zero attached hydrogens (tertiary/aromatic N) is 6. The zero-order valence-electron chi connectivity index (χ0n) is 78.2. The van der Waals surface area contributed by atoms with Crippen LogP contribution in [0.15, 0.2) is 123 Å². The lowest BCUT2D eigenvalue weighted by Crippen LogP contribution is -2.32. The van der Waals surface area contributed by atoms with E-state index in [4.69, 9.17) is 51.1 Å². The second-order valence-corrected chi connectivity index (χ2v) is 25.4. The van der Waals surface area contributed by atoms with E-state index in [-0.39, 0.29) is 28.2 Å². The van der Waals surface area contributed by atoms with Gasteiger partial charge in [-0.25, -0.2) is 28.7 Å². The van der Waals surface area contributed by atoms with Crippen LogP contribution >= 0.6 is 0 Å². The molecule has 3 aromatic carbocycles. The number of rotatable bonds is 9. The molecule has 0 atom stereocenters. The second kappa shape index (κ2) is 24.4. The summed E-state index contributed by atoms with van der Waals surface area (Å²) in [4.78, 5) is 14.0. The number of fused-ring (bicyclic) bond motifs is 9. The van der Waals surface area contributed by atoms with E-state index >= 15 is 0 Å². The summed E-state index contributed by atoms with van der Waals surface area (Å²) in [5, 5.41) is 5.39. The average molecular weight is 1210 g/mol. The van der Waals surface area contributed by atoms with Crippen molar-refractivity contribution in [3.05, 3.63) is 177 Å². The molecule has 0 saturated heterocycles. The summed E-state index contributed by atoms with van der Waals surface area (Å²) in [7, 11) is 5.18. The SMILES string of the molecule is [2H]C([2H])([2H])C(C([2H])([2H])[2H])(C([2H])([2H])[2H])C([2H])([2H])c1c[n+](C)c(-c2c(C)ccc3c2oc2nc(C(C)C)ccc23)cc1C.[2H]C([2H])([2H])C(C([2H])([2H])[2H])(C([2H])([2H])[2H])C([2H])([2H])c1c[n+](C)c(-c2c(C)ccc3c2oc2nc(CC)ccc23)cc1C.[2H]C([2H])(c1c[n+](C)c(-c2c(C)ccc3c2oc2nc(C(C)C)ccc23)cc1C)C(C)(C)C. The monoisotopic (exact) mass is 1210 g/mol. The Morgan fingerprint density at radius 1 is 0.416 bits per heavy atom. The van der Waals surface area contributed by atoms with E-state index in [1.807, 2.05) is 129 Å². The van der Waals surface area contributed by atoms with Gasteiger partial charge in [-0.3, -0.25) is 0 Å². The molecule has 0 bridgehead atoms. The van der Waals surface area contributed by atoms with Crippen LogP contribution in [-0.4, -0.2) is 15.0 Å². The molecule has 0 fully saturated rings. The van der Waals surface area contributed by atoms with Gasteiger partial charge in [-0.05, 0) is 165 Å². The van der Waals surface area contributed by atoms with Gasteiger partial charge in [0.1, 0.15) is 21.1 Å². The summed E-state index contributed by atoms with van der Waals surface area (Å²) in [6.07, 6.45) is -2.85. The second-order valence-electron chi connectivity index (χ2n) is 25.4. The topological polar surface area (TPSA) is 89.7 Å². The van der Waals surface area contributed by atoms with Crippen molar-refractivity contribution < 1.29 is 59.9 Å². The van der Waals surface area contributed by atoms with E-state index in [1.54, 1.807) is 26.2 Å². The normalized spacial score (nSPS) is 17.7. The Balaban J connectivity index is 0.000000181. The number of pyridine rings is 6. The van der Waals surface area contributed by atoms with E-state index in [9.17, 15) is 0 Å². The number of furan rings is 3. The lowest BCUT2D eigenvalue weighted by atomic mass is 9.86. The maximum Gasteiger partial charge on any atom is 0.227 e. The van der Waals surface area contributed by atoms with Crippen LogP contribution in [0.1, 0.15) is 208 Å². The highest BCUT2D eigenvalue weighted by Gasteiger charge is 2.28. The molecule has 0 aliphatic rings. The van der Waals surface area contributed by atoms with Crippen molar-refractivity contribution in [3.8, 4) is 33.8 Å². The first-order chi connectivity index (χ1) is 51.6. The Hall–Kier alpha value is -8.04. The number of hydrogen-bond donors (Lipinski definition) is 0. The van der Waals surface area contributed by atoms with Crippen LogP contribution in [0.5, 0.6) is 0 Å². The molecule has 89 heavy (non-hydrogen) atoms. The molecule has 0 spiro atoms. The molecule has 0 unspecified atom stereocenters. The van der Waals surface area contributed by atoms with Crippen LogP contribution in [0, 0.1) is 57.8 Å². The summed E-state index contributed by atoms with van der Waals surface area (Å²) < 4.78 is 221. The molecule has 9 aromatic heterocycles. The van der Waals surface area contributed by atoms with Crippen LogP contribution in [0.2, 0.25) is 0 Å². The maximum absolute atomic E-state index is 8.90. The quantitative estimate of drug-likeness (QED) is 0.134. The van der Waals surface area contributed by atoms with E-state index in [2.05, 4.69) is 61.1 Å². The highest BCUT2D eigenvalue weighted by atomic mass is 16.3. The molecular formula is C80H97N6O3+3. The fraction of sp³-hybridized carbons (Fsp3) is 0.400. The highest BCUT2D eigenvalue weighted by Crippen LogP contribution is 2.41. The number of benzene rings is 3. The molecule has 0 N–H and O–H groups in total. The highest BCUT2D eigenvalue weighted by molar-refractivity contribution is 6.11. The van der Waals surface area contributed by atoms with Crippen LogP contribution in [0.3, 0.4) is 0 Å². The first-order valence-electron chi connectivity index (χ1n) is 42.1. The van der Waals surface area contributed by atoms with Crippen LogP contribution < -0.4 is 13.7 Å². The van der Waals surface area contributed by atoms with Gasteiger partial charge in [0, 0.05) is 117 Å². The summed E-state index contributed by atoms with van der Waals surface area (Å²) in [6, 6.07) is 29.2. The minimum Gasteiger partial charge on any atom is -0.437 e. The van der Waals surface area contributed by atoms with E-state index in [1.165, 1.54) is 35.4 Å². The third-order valence-corrected chi connectivity index (χ3v) is 16.2. The summed E-state index contributed by atoms with van der Waals surface area (Å²) in [6.45, 7) is 4.84. The lowest BCUT2D eigenvalue weighted by molar-refractivity contribution is -0.661. The predicted octanol–water partition coefficient (Wildman–Crippen LogP) is 19.8. The van der Waals surface area contributed by atoms with Crippen molar-refractivity contribution in [2.75, 3.05) is 0 Å². The first kappa shape index (κ1) is 39.9. The molecule has 12 aromatic rings. The minimum absolute atomic E-state index is 0.193. The predicted molar refractivity (Wildman–Crippen MR) is 370 cm³/mol. The van der Waals surface area contributed by atoms with Crippen molar-refractivity contribution in [1.29, 1.82) is 0 Å². The fourth-order valence-electron chi connectivity index (χ4n) is 11.5. The molecule has 0 aliphatic carbocycles. The van der Waals surface area contributed by atoms with E-state index in [0.717, 1.165) is 94.9 Å². The largest absolute Gasteiger partial charge is 0.437 e. The van der Waals surface area contributed by atoms with Gasteiger partial charge in [-0.2, -0.15) is 0 Å². The van der Waals surface area contributed by atoms with Crippen molar-refractivity contribution in [2.45, 2.75) is 175 Å². The molecule has 9 nitrogen and oxygen atoms in total. The summed E-state index contributed by atoms with van der Waals surface area (Å²) >= 11 is 0. The molecule has 462 valence electrons. The average Bonchev–Trinajstić information content (AvgIpc) is 1.44. The van der Waals surface area contributed by atoms with Crippen LogP contribution in [0.4, 0.5) is 0 Å². The summed E-state index contributed by atoms with van der Waals surface area (Å²) in [5.41, 5.74) is 7.15. The smallest absolute Gasteiger partial charge is 0.227 e. The third kappa shape index (κ3) is 13.3. The van der Waals surface area contributed by atoms with Gasteiger partial charge in [0.05, 0.1) is 16.7 Å². The Kier molecular flexibility index (Phi) is 10.9. The van der Waals surface area contributed by atoms with Gasteiger partial charge in [-0.1, -0.05) is 133 Å². The van der Waals surface area contributed by atoms with Gasteiger partial charge in [0.15, 0.2) is 35.3 Å². The van der Waals surface area contributed by atoms with Gasteiger partial charge < -0.3 is 13.3 Å². The first-order valence-corrected chi connectivity index (χ1v) is 30.1. The molecule has 0 saturated carbocycles. The molecule has 9 heterocycles. The molecular weight excluding hydrogens is 1090 g/mol. The van der Waals surface area contributed by atoms with Crippen molar-refractivity contribution in [3.63, 3.8) is 0 Å². The number of aryl methyl sites for hydroxylation is 10. The molecule has 12 rings (SSSR count). The lowest BCUT2D eigenvalue weighted by Gasteiger charge is -2.19. The number of aromatic nitrogens is 6. The van der Waals surface area contributed by atoms with Crippen molar-refractivity contribution in [1.82, 2.24) is 15.0 Å². The zero-order chi connectivity index (χ0) is 84.9. The van der Waals surface area contributed by atoms with Crippen LogP contribution in [0.25, 0.3) is 100.0 Å². The van der Waals surface area contributed by atoms with E-state index in [0.29, 0.717) is 62.3 Å². The van der Waals surface area contributed by atoms with Gasteiger partial charge >= 0.3 is 0 Å². The van der Waals surface area contributed by atoms with Gasteiger partial charge in [0.2, 0.25) is 34.2 Å². The van der Waals surface area contributed by atoms with Crippen LogP contribution in [-0.2, 0) is 46.7 Å². The number of hydrogen-bond acceptors (Lipinski definition) is 6. The Morgan fingerprint density at radius 3 is 1.02 bits per heavy atom. The Labute approximate surface area is 563 Å².